The molecule has 0 bridgehead atoms. The number of hydrogen-bond donors (Lipinski definition) is 5. The molecule has 10 nitrogen and oxygen atoms in total. The second-order valence-corrected chi connectivity index (χ2v) is 15.1. The zero-order valence-corrected chi connectivity index (χ0v) is 29.6. The molecule has 0 aromatic heterocycles. The Morgan fingerprint density at radius 3 is 1.23 bits per heavy atom. The van der Waals surface area contributed by atoms with Gasteiger partial charge in [0, 0.05) is 24.3 Å². The van der Waals surface area contributed by atoms with Gasteiger partial charge in [-0.2, -0.15) is 0 Å². The molecule has 5 N–H and O–H groups in total. The van der Waals surface area contributed by atoms with Crippen molar-refractivity contribution >= 4 is 45.3 Å². The van der Waals surface area contributed by atoms with E-state index in [-0.39, 0.29) is 29.7 Å². The zero-order chi connectivity index (χ0) is 33.0. The minimum absolute atomic E-state index is 0.0467. The van der Waals surface area contributed by atoms with Crippen LogP contribution in [0.2, 0.25) is 0 Å². The topological polar surface area (TPSA) is 145 Å². The molecule has 0 spiro atoms. The van der Waals surface area contributed by atoms with Crippen LogP contribution < -0.4 is 25.5 Å². The molecule has 0 saturated heterocycles. The largest absolute Gasteiger partial charge is 0.548 e. The van der Waals surface area contributed by atoms with E-state index >= 15 is 0 Å². The summed E-state index contributed by atoms with van der Waals surface area (Å²) >= 11 is 0. The summed E-state index contributed by atoms with van der Waals surface area (Å²) in [6, 6.07) is -2.21. The molecule has 0 aliphatic rings. The van der Waals surface area contributed by atoms with Gasteiger partial charge in [0.1, 0.15) is 6.04 Å². The quantitative estimate of drug-likeness (QED) is 0.0555. The minimum Gasteiger partial charge on any atom is -0.548 e. The van der Waals surface area contributed by atoms with Gasteiger partial charge < -0.3 is 35.4 Å². The highest BCUT2D eigenvalue weighted by Gasteiger charge is 2.21. The van der Waals surface area contributed by atoms with Crippen LogP contribution in [0.1, 0.15) is 116 Å². The molecule has 0 saturated carbocycles. The highest BCUT2D eigenvalue weighted by molar-refractivity contribution is 8.76. The van der Waals surface area contributed by atoms with Gasteiger partial charge in [0.25, 0.3) is 0 Å². The van der Waals surface area contributed by atoms with Crippen molar-refractivity contribution < 1.29 is 39.2 Å². The third kappa shape index (κ3) is 28.0. The number of quaternary nitrogens is 2. The summed E-state index contributed by atoms with van der Waals surface area (Å²) in [5.74, 6) is -2.95. The Morgan fingerprint density at radius 1 is 0.568 bits per heavy atom. The molecule has 0 aromatic rings. The molecule has 44 heavy (non-hydrogen) atoms. The minimum atomic E-state index is -1.37. The van der Waals surface area contributed by atoms with E-state index in [9.17, 15) is 29.4 Å². The van der Waals surface area contributed by atoms with Crippen LogP contribution in [0.3, 0.4) is 0 Å². The summed E-state index contributed by atoms with van der Waals surface area (Å²) in [7, 11) is 11.0. The summed E-state index contributed by atoms with van der Waals surface area (Å²) in [5.41, 5.74) is 0. The van der Waals surface area contributed by atoms with Gasteiger partial charge in [-0.1, -0.05) is 85.8 Å². The first-order valence-electron chi connectivity index (χ1n) is 16.9. The van der Waals surface area contributed by atoms with E-state index in [2.05, 4.69) is 38.8 Å². The number of aliphatic carboxylic acids is 2. The highest BCUT2D eigenvalue weighted by atomic mass is 33.1. The maximum absolute atomic E-state index is 12.3. The molecule has 258 valence electrons. The number of carbonyl (C=O) groups is 4. The molecule has 0 heterocycles. The van der Waals surface area contributed by atoms with Gasteiger partial charge in [-0.15, -0.1) is 0 Å². The Labute approximate surface area is 275 Å². The maximum atomic E-state index is 12.3. The fourth-order valence-corrected chi connectivity index (χ4v) is 7.06. The van der Waals surface area contributed by atoms with E-state index in [1.165, 1.54) is 74.3 Å². The van der Waals surface area contributed by atoms with Crippen LogP contribution in [0, 0.1) is 0 Å². The highest BCUT2D eigenvalue weighted by Crippen LogP contribution is 2.23. The molecule has 0 aliphatic carbocycles. The summed E-state index contributed by atoms with van der Waals surface area (Å²) in [4.78, 5) is 50.6. The van der Waals surface area contributed by atoms with E-state index in [0.29, 0.717) is 6.42 Å². The zero-order valence-electron chi connectivity index (χ0n) is 28.0. The van der Waals surface area contributed by atoms with E-state index in [0.717, 1.165) is 73.0 Å². The number of nitrogens with one attached hydrogen (secondary N) is 4. The molecular weight excluding hydrogens is 601 g/mol. The summed E-state index contributed by atoms with van der Waals surface area (Å²) in [6.45, 7) is 2.42. The van der Waals surface area contributed by atoms with Gasteiger partial charge in [-0.05, 0) is 38.5 Å². The molecule has 2 atom stereocenters. The molecule has 0 fully saturated rings. The van der Waals surface area contributed by atoms with Gasteiger partial charge >= 0.3 is 5.97 Å². The van der Waals surface area contributed by atoms with Crippen molar-refractivity contribution in [2.24, 2.45) is 0 Å². The SMILES string of the molecule is C[NH+](C)CCCCCCCCCCC(=O)NC(CSSCC(NC(=O)CCCCCCCCCC[NH+](C)C)C(=O)O)C(=O)[O-]. The van der Waals surface area contributed by atoms with Crippen molar-refractivity contribution in [3.05, 3.63) is 0 Å². The first kappa shape index (κ1) is 42.5. The average Bonchev–Trinajstić information content (AvgIpc) is 2.95. The molecule has 0 aliphatic heterocycles. The number of unbranched alkanes of at least 4 members (excludes halogenated alkanes) is 14. The predicted octanol–water partition coefficient (Wildman–Crippen LogP) is 1.48. The van der Waals surface area contributed by atoms with Gasteiger partial charge in [0.05, 0.1) is 53.3 Å². The van der Waals surface area contributed by atoms with Crippen LogP contribution in [0.5, 0.6) is 0 Å². The first-order chi connectivity index (χ1) is 21.0. The fourth-order valence-electron chi connectivity index (χ4n) is 4.76. The van der Waals surface area contributed by atoms with Crippen molar-refractivity contribution in [3.8, 4) is 0 Å². The predicted molar refractivity (Wildman–Crippen MR) is 180 cm³/mol. The third-order valence-electron chi connectivity index (χ3n) is 7.47. The molecule has 0 radical (unpaired) electrons. The Hall–Kier alpha value is -1.50. The van der Waals surface area contributed by atoms with Gasteiger partial charge in [-0.25, -0.2) is 4.79 Å². The van der Waals surface area contributed by atoms with Gasteiger partial charge in [0.15, 0.2) is 0 Å². The van der Waals surface area contributed by atoms with E-state index in [1.807, 2.05) is 0 Å². The van der Waals surface area contributed by atoms with Gasteiger partial charge in [-0.3, -0.25) is 9.59 Å². The van der Waals surface area contributed by atoms with Crippen molar-refractivity contribution in [1.82, 2.24) is 10.6 Å². The lowest BCUT2D eigenvalue weighted by atomic mass is 10.1. The monoisotopic (exact) mass is 663 g/mol. The van der Waals surface area contributed by atoms with Crippen molar-refractivity contribution in [2.45, 2.75) is 128 Å². The summed E-state index contributed by atoms with van der Waals surface area (Å²) < 4.78 is 0. The smallest absolute Gasteiger partial charge is 0.327 e. The molecular formula is C32H63N4O6S2+. The number of rotatable bonds is 31. The number of carbonyl (C=O) groups excluding carboxylic acids is 3. The average molecular weight is 664 g/mol. The lowest BCUT2D eigenvalue weighted by molar-refractivity contribution is -0.858. The summed E-state index contributed by atoms with van der Waals surface area (Å²) in [5, 5.41) is 26.1. The van der Waals surface area contributed by atoms with Crippen molar-refractivity contribution in [1.29, 1.82) is 0 Å². The second-order valence-electron chi connectivity index (χ2n) is 12.5. The van der Waals surface area contributed by atoms with Crippen LogP contribution in [0.4, 0.5) is 0 Å². The Morgan fingerprint density at radius 2 is 0.886 bits per heavy atom. The third-order valence-corrected chi connectivity index (χ3v) is 9.89. The standard InChI is InChI=1S/C32H62N4O6S2/c1-35(2)23-19-15-11-7-5-9-13-17-21-29(37)33-27(31(39)40)25-43-44-26-28(32(41)42)34-30(38)22-18-14-10-6-8-12-16-20-24-36(3)4/h27-28H,5-26H2,1-4H3,(H,33,37)(H,34,38)(H,39,40)(H,41,42)/p+1. The molecule has 0 aromatic carbocycles. The molecule has 12 heteroatoms. The van der Waals surface area contributed by atoms with Crippen LogP contribution in [0.25, 0.3) is 0 Å². The van der Waals surface area contributed by atoms with E-state index in [1.54, 1.807) is 0 Å². The lowest BCUT2D eigenvalue weighted by Gasteiger charge is -2.20. The van der Waals surface area contributed by atoms with E-state index in [4.69, 9.17) is 0 Å². The van der Waals surface area contributed by atoms with Crippen molar-refractivity contribution in [2.75, 3.05) is 52.8 Å². The number of hydrogen-bond acceptors (Lipinski definition) is 7. The maximum Gasteiger partial charge on any atom is 0.327 e. The van der Waals surface area contributed by atoms with Crippen LogP contribution >= 0.6 is 21.6 Å². The normalized spacial score (nSPS) is 12.8. The van der Waals surface area contributed by atoms with Crippen LogP contribution in [-0.2, 0) is 19.2 Å². The van der Waals surface area contributed by atoms with Crippen LogP contribution in [0.15, 0.2) is 0 Å². The molecule has 2 amide bonds. The van der Waals surface area contributed by atoms with Gasteiger partial charge in [0.2, 0.25) is 11.8 Å². The molecule has 2 unspecified atom stereocenters. The summed E-state index contributed by atoms with van der Waals surface area (Å²) in [6.07, 6.45) is 18.3. The number of carboxylic acids is 2. The second kappa shape index (κ2) is 28.9. The number of amides is 2. The van der Waals surface area contributed by atoms with Crippen LogP contribution in [-0.4, -0.2) is 93.7 Å². The first-order valence-corrected chi connectivity index (χ1v) is 19.4. The van der Waals surface area contributed by atoms with E-state index < -0.39 is 24.0 Å². The lowest BCUT2D eigenvalue weighted by Crippen LogP contribution is -3.05. The Bertz CT molecular complexity index is 711. The molecule has 0 rings (SSSR count). The Kier molecular flexibility index (Phi) is 28.0. The fraction of sp³-hybridized carbons (Fsp3) is 0.875. The Balaban J connectivity index is 4.02. The van der Waals surface area contributed by atoms with Crippen molar-refractivity contribution in [3.63, 3.8) is 0 Å². The number of carboxylic acid groups (broad SMARTS) is 2.